The number of aliphatic hydroxyl groups is 3. The number of phosphoric ester groups is 2. The summed E-state index contributed by atoms with van der Waals surface area (Å²) in [6.07, 6.45) is 32.6. The molecular formula is C46H76O16P2. The van der Waals surface area contributed by atoms with Crippen molar-refractivity contribution in [1.29, 1.82) is 0 Å². The molecule has 1 unspecified atom stereocenters. The molecule has 0 aliphatic heterocycles. The minimum atomic E-state index is -4.91. The Kier molecular flexibility index (Phi) is 33.6. The average Bonchev–Trinajstić information content (AvgIpc) is 3.51. The van der Waals surface area contributed by atoms with Gasteiger partial charge in [-0.3, -0.25) is 28.0 Å². The molecule has 0 aromatic carbocycles. The largest absolute Gasteiger partial charge is 0.472 e. The van der Waals surface area contributed by atoms with Crippen molar-refractivity contribution in [2.45, 2.75) is 160 Å². The number of rotatable bonds is 38. The fourth-order valence-corrected chi connectivity index (χ4v) is 7.59. The zero-order valence-corrected chi connectivity index (χ0v) is 39.6. The molecular weight excluding hydrogens is 870 g/mol. The Bertz CT molecular complexity index is 1570. The summed E-state index contributed by atoms with van der Waals surface area (Å²) in [7, 11) is -9.80. The SMILES string of the molecule is CC/C=C\C/C=C\C/C=C\C/C=C\CCCCCCC(=O)OC[C@H](COP(=O)(O)OC[C@@H](O)COP(=O)(O)O)OC(=O)CCC/C=C\C[C@H]1[C@@H](O)CC(=O)[C@@H]1/C=C/[C@@H](O)CCCCC. The summed E-state index contributed by atoms with van der Waals surface area (Å²) < 4.78 is 47.8. The van der Waals surface area contributed by atoms with Gasteiger partial charge in [-0.05, 0) is 70.6 Å². The molecule has 1 aliphatic rings. The minimum absolute atomic E-state index is 0.0490. The molecule has 366 valence electrons. The number of carbonyl (C=O) groups is 3. The number of ketones is 1. The Morgan fingerprint density at radius 3 is 1.97 bits per heavy atom. The second-order valence-corrected chi connectivity index (χ2v) is 18.4. The highest BCUT2D eigenvalue weighted by Crippen LogP contribution is 2.44. The second-order valence-electron chi connectivity index (χ2n) is 15.7. The molecule has 7 atom stereocenters. The molecule has 0 bridgehead atoms. The number of allylic oxidation sites excluding steroid dienone is 11. The van der Waals surface area contributed by atoms with Crippen molar-refractivity contribution in [3.8, 4) is 0 Å². The van der Waals surface area contributed by atoms with Crippen molar-refractivity contribution in [3.63, 3.8) is 0 Å². The molecule has 0 aromatic heterocycles. The third kappa shape index (κ3) is 32.7. The van der Waals surface area contributed by atoms with Crippen molar-refractivity contribution in [2.24, 2.45) is 11.8 Å². The van der Waals surface area contributed by atoms with Crippen LogP contribution in [0.4, 0.5) is 0 Å². The molecule has 0 heterocycles. The normalized spacial score (nSPS) is 19.8. The molecule has 0 radical (unpaired) electrons. The van der Waals surface area contributed by atoms with E-state index in [0.29, 0.717) is 32.1 Å². The van der Waals surface area contributed by atoms with Crippen LogP contribution in [0.15, 0.2) is 72.9 Å². The van der Waals surface area contributed by atoms with Crippen molar-refractivity contribution in [2.75, 3.05) is 26.4 Å². The monoisotopic (exact) mass is 946 g/mol. The van der Waals surface area contributed by atoms with Gasteiger partial charge in [0.05, 0.1) is 32.0 Å². The molecule has 1 saturated carbocycles. The van der Waals surface area contributed by atoms with E-state index in [9.17, 15) is 43.7 Å². The third-order valence-corrected chi connectivity index (χ3v) is 11.4. The molecule has 1 rings (SSSR count). The first-order valence-electron chi connectivity index (χ1n) is 22.7. The van der Waals surface area contributed by atoms with Crippen LogP contribution in [0.2, 0.25) is 0 Å². The lowest BCUT2D eigenvalue weighted by Gasteiger charge is -2.20. The highest BCUT2D eigenvalue weighted by Gasteiger charge is 2.39. The maximum Gasteiger partial charge on any atom is 0.472 e. The van der Waals surface area contributed by atoms with Gasteiger partial charge in [0, 0.05) is 31.1 Å². The molecule has 16 nitrogen and oxygen atoms in total. The number of hydrogen-bond acceptors (Lipinski definition) is 13. The van der Waals surface area contributed by atoms with Gasteiger partial charge in [0.25, 0.3) is 0 Å². The first-order valence-corrected chi connectivity index (χ1v) is 25.8. The lowest BCUT2D eigenvalue weighted by molar-refractivity contribution is -0.161. The maximum atomic E-state index is 12.8. The smallest absolute Gasteiger partial charge is 0.462 e. The molecule has 0 amide bonds. The summed E-state index contributed by atoms with van der Waals surface area (Å²) in [6, 6.07) is 0. The number of hydrogen-bond donors (Lipinski definition) is 6. The van der Waals surface area contributed by atoms with Crippen LogP contribution in [0.25, 0.3) is 0 Å². The number of aliphatic hydroxyl groups excluding tert-OH is 3. The van der Waals surface area contributed by atoms with Crippen LogP contribution in [0.3, 0.4) is 0 Å². The molecule has 0 saturated heterocycles. The predicted octanol–water partition coefficient (Wildman–Crippen LogP) is 8.37. The summed E-state index contributed by atoms with van der Waals surface area (Å²) in [4.78, 5) is 65.5. The van der Waals surface area contributed by atoms with Gasteiger partial charge < -0.3 is 39.5 Å². The van der Waals surface area contributed by atoms with Crippen molar-refractivity contribution < 1.29 is 76.6 Å². The zero-order chi connectivity index (χ0) is 47.5. The third-order valence-electron chi connectivity index (χ3n) is 9.95. The van der Waals surface area contributed by atoms with Gasteiger partial charge in [0.1, 0.15) is 18.5 Å². The van der Waals surface area contributed by atoms with Crippen molar-refractivity contribution in [1.82, 2.24) is 0 Å². The summed E-state index contributed by atoms with van der Waals surface area (Å²) in [5.74, 6) is -2.17. The van der Waals surface area contributed by atoms with Crippen LogP contribution in [0, 0.1) is 11.8 Å². The molecule has 6 N–H and O–H groups in total. The highest BCUT2D eigenvalue weighted by atomic mass is 31.2. The standard InChI is InChI=1S/C46H76O16P2/c1-3-5-7-8-9-10-11-12-13-14-15-16-17-18-19-20-25-29-45(51)58-36-40(37-61-64(56,57)60-35-39(48)34-59-63(53,54)55)62-46(52)30-26-22-21-24-28-41-42(44(50)33-43(41)49)32-31-38(47)27-23-6-4-2/h5,7,9-10,12-13,15-16,21,24,31-32,38-43,47-49H,3-4,6,8,11,14,17-20,22-23,25-30,33-37H2,1-2H3,(H,56,57)(H2,53,54,55)/b7-5-,10-9-,13-12-,16-15-,24-21-,32-31+/t38-,39-,40+,41+,42+,43-/m0/s1. The Hall–Kier alpha value is -2.85. The molecule has 64 heavy (non-hydrogen) atoms. The van der Waals surface area contributed by atoms with Gasteiger partial charge in [0.2, 0.25) is 0 Å². The first-order chi connectivity index (χ1) is 30.6. The number of ether oxygens (including phenoxy) is 2. The number of esters is 2. The quantitative estimate of drug-likeness (QED) is 0.0147. The van der Waals surface area contributed by atoms with Gasteiger partial charge in [0.15, 0.2) is 6.10 Å². The van der Waals surface area contributed by atoms with Crippen LogP contribution >= 0.6 is 15.6 Å². The summed E-state index contributed by atoms with van der Waals surface area (Å²) in [6.45, 7) is 1.19. The van der Waals surface area contributed by atoms with Gasteiger partial charge in [-0.1, -0.05) is 119 Å². The first kappa shape index (κ1) is 59.2. The molecule has 0 aromatic rings. The maximum absolute atomic E-state index is 12.8. The van der Waals surface area contributed by atoms with E-state index in [-0.39, 0.29) is 31.0 Å². The van der Waals surface area contributed by atoms with Crippen LogP contribution in [-0.4, -0.2) is 98.6 Å². The lowest BCUT2D eigenvalue weighted by Crippen LogP contribution is -2.29. The topological polar surface area (TPSA) is 253 Å². The van der Waals surface area contributed by atoms with E-state index < -0.39 is 84.3 Å². The summed E-state index contributed by atoms with van der Waals surface area (Å²) in [5.41, 5.74) is 0. The lowest BCUT2D eigenvalue weighted by atomic mass is 9.90. The van der Waals surface area contributed by atoms with E-state index >= 15 is 0 Å². The van der Waals surface area contributed by atoms with Gasteiger partial charge in [-0.2, -0.15) is 0 Å². The summed E-state index contributed by atoms with van der Waals surface area (Å²) >= 11 is 0. The molecule has 18 heteroatoms. The van der Waals surface area contributed by atoms with Crippen molar-refractivity contribution >= 4 is 33.4 Å². The number of carbonyl (C=O) groups excluding carboxylic acids is 3. The van der Waals surface area contributed by atoms with Gasteiger partial charge in [-0.15, -0.1) is 0 Å². The zero-order valence-electron chi connectivity index (χ0n) is 37.8. The molecule has 1 fully saturated rings. The molecule has 0 spiro atoms. The molecule has 1 aliphatic carbocycles. The van der Waals surface area contributed by atoms with Crippen LogP contribution in [0.5, 0.6) is 0 Å². The Labute approximate surface area is 380 Å². The highest BCUT2D eigenvalue weighted by molar-refractivity contribution is 7.47. The van der Waals surface area contributed by atoms with E-state index in [1.807, 2.05) is 12.2 Å². The van der Waals surface area contributed by atoms with E-state index in [1.54, 1.807) is 12.2 Å². The Morgan fingerprint density at radius 2 is 1.30 bits per heavy atom. The number of phosphoric acid groups is 2. The Balaban J connectivity index is 2.59. The number of Topliss-reactive ketones (excluding diaryl/α,β-unsaturated/α-hetero) is 1. The van der Waals surface area contributed by atoms with Crippen LogP contribution in [0.1, 0.15) is 136 Å². The van der Waals surface area contributed by atoms with E-state index in [1.165, 1.54) is 0 Å². The van der Waals surface area contributed by atoms with Crippen molar-refractivity contribution in [3.05, 3.63) is 72.9 Å². The fraction of sp³-hybridized carbons (Fsp3) is 0.674. The minimum Gasteiger partial charge on any atom is -0.462 e. The van der Waals surface area contributed by atoms with Gasteiger partial charge in [-0.25, -0.2) is 9.13 Å². The van der Waals surface area contributed by atoms with Gasteiger partial charge >= 0.3 is 27.6 Å². The van der Waals surface area contributed by atoms with Crippen LogP contribution in [-0.2, 0) is 46.6 Å². The summed E-state index contributed by atoms with van der Waals surface area (Å²) in [5, 5.41) is 30.5. The van der Waals surface area contributed by atoms with E-state index in [2.05, 4.69) is 71.5 Å². The van der Waals surface area contributed by atoms with E-state index in [0.717, 1.165) is 70.6 Å². The number of unbranched alkanes of at least 4 members (excludes halogenated alkanes) is 7. The van der Waals surface area contributed by atoms with Crippen LogP contribution < -0.4 is 0 Å². The average molecular weight is 947 g/mol. The Morgan fingerprint density at radius 1 is 0.703 bits per heavy atom. The fourth-order valence-electron chi connectivity index (χ4n) is 6.44. The second kappa shape index (κ2) is 36.3. The van der Waals surface area contributed by atoms with E-state index in [4.69, 9.17) is 23.8 Å². The predicted molar refractivity (Wildman–Crippen MR) is 244 cm³/mol.